The van der Waals surface area contributed by atoms with Gasteiger partial charge in [-0.15, -0.1) is 0 Å². The highest BCUT2D eigenvalue weighted by atomic mass is 16.6. The van der Waals surface area contributed by atoms with Gasteiger partial charge in [-0.3, -0.25) is 4.79 Å². The molecule has 0 fully saturated rings. The zero-order valence-electron chi connectivity index (χ0n) is 16.7. The molecular formula is C23H19N3O4. The second-order valence-corrected chi connectivity index (χ2v) is 7.72. The maximum absolute atomic E-state index is 13.3. The topological polar surface area (TPSA) is 105 Å². The Morgan fingerprint density at radius 1 is 1.27 bits per heavy atom. The summed E-state index contributed by atoms with van der Waals surface area (Å²) in [7, 11) is 0. The van der Waals surface area contributed by atoms with Crippen LogP contribution >= 0.6 is 0 Å². The van der Waals surface area contributed by atoms with Gasteiger partial charge in [0.2, 0.25) is 0 Å². The number of fused-ring (bicyclic) bond motifs is 5. The summed E-state index contributed by atoms with van der Waals surface area (Å²) in [5.41, 5.74) is 2.98. The lowest BCUT2D eigenvalue weighted by Crippen LogP contribution is -2.44. The van der Waals surface area contributed by atoms with Crippen LogP contribution in [0.3, 0.4) is 0 Å². The van der Waals surface area contributed by atoms with Crippen LogP contribution in [0.2, 0.25) is 0 Å². The second-order valence-electron chi connectivity index (χ2n) is 7.72. The molecule has 7 nitrogen and oxygen atoms in total. The van der Waals surface area contributed by atoms with Crippen LogP contribution in [0.15, 0.2) is 29.1 Å². The van der Waals surface area contributed by atoms with Crippen LogP contribution in [0, 0.1) is 11.3 Å². The molecule has 1 aromatic carbocycles. The van der Waals surface area contributed by atoms with Crippen LogP contribution in [0.1, 0.15) is 48.1 Å². The molecule has 0 bridgehead atoms. The minimum absolute atomic E-state index is 0.103. The van der Waals surface area contributed by atoms with Crippen LogP contribution in [0.5, 0.6) is 0 Å². The number of aliphatic hydroxyl groups is 1. The molecular weight excluding hydrogens is 382 g/mol. The van der Waals surface area contributed by atoms with Gasteiger partial charge in [-0.25, -0.2) is 9.78 Å². The Balaban J connectivity index is 1.84. The Hall–Kier alpha value is -3.50. The lowest BCUT2D eigenvalue weighted by molar-refractivity contribution is -0.172. The third kappa shape index (κ3) is 2.25. The Bertz CT molecular complexity index is 1370. The molecule has 5 rings (SSSR count). The van der Waals surface area contributed by atoms with Crippen molar-refractivity contribution in [3.8, 4) is 17.5 Å². The molecule has 2 aromatic heterocycles. The number of benzene rings is 1. The minimum atomic E-state index is -1.84. The average molecular weight is 401 g/mol. The van der Waals surface area contributed by atoms with Gasteiger partial charge in [0.15, 0.2) is 5.60 Å². The molecule has 2 aliphatic rings. The Morgan fingerprint density at radius 3 is 2.77 bits per heavy atom. The van der Waals surface area contributed by atoms with Gasteiger partial charge in [0.05, 0.1) is 40.6 Å². The van der Waals surface area contributed by atoms with E-state index in [1.54, 1.807) is 29.7 Å². The highest BCUT2D eigenvalue weighted by molar-refractivity contribution is 5.89. The first kappa shape index (κ1) is 18.5. The molecule has 30 heavy (non-hydrogen) atoms. The van der Waals surface area contributed by atoms with Crippen molar-refractivity contribution in [2.45, 2.75) is 45.4 Å². The van der Waals surface area contributed by atoms with E-state index in [2.05, 4.69) is 6.07 Å². The van der Waals surface area contributed by atoms with Crippen molar-refractivity contribution in [1.82, 2.24) is 9.55 Å². The molecule has 1 atom stereocenters. The van der Waals surface area contributed by atoms with Crippen molar-refractivity contribution >= 4 is 16.9 Å². The van der Waals surface area contributed by atoms with Gasteiger partial charge in [-0.2, -0.15) is 5.26 Å². The van der Waals surface area contributed by atoms with E-state index in [1.807, 2.05) is 13.0 Å². The van der Waals surface area contributed by atoms with E-state index in [1.165, 1.54) is 0 Å². The first-order valence-electron chi connectivity index (χ1n) is 9.95. The predicted molar refractivity (Wildman–Crippen MR) is 109 cm³/mol. The molecule has 150 valence electrons. The lowest BCUT2D eigenvalue weighted by Gasteiger charge is -2.31. The van der Waals surface area contributed by atoms with E-state index in [4.69, 9.17) is 9.72 Å². The number of rotatable bonds is 2. The molecule has 2 aliphatic heterocycles. The van der Waals surface area contributed by atoms with Gasteiger partial charge in [-0.1, -0.05) is 19.9 Å². The summed E-state index contributed by atoms with van der Waals surface area (Å²) in [5, 5.41) is 21.2. The van der Waals surface area contributed by atoms with Crippen molar-refractivity contribution in [3.63, 3.8) is 0 Å². The smallest absolute Gasteiger partial charge is 0.343 e. The molecule has 0 saturated carbocycles. The van der Waals surface area contributed by atoms with Crippen LogP contribution in [-0.2, 0) is 34.7 Å². The average Bonchev–Trinajstić information content (AvgIpc) is 3.13. The van der Waals surface area contributed by atoms with Crippen LogP contribution in [-0.4, -0.2) is 20.6 Å². The number of aromatic nitrogens is 2. The predicted octanol–water partition coefficient (Wildman–Crippen LogP) is 2.51. The maximum Gasteiger partial charge on any atom is 0.343 e. The van der Waals surface area contributed by atoms with E-state index in [-0.39, 0.29) is 18.6 Å². The van der Waals surface area contributed by atoms with E-state index < -0.39 is 11.6 Å². The standard InChI is InChI=1S/C23H19N3O4/c1-3-13-14-6-5-12(9-24)7-18(14)25-20-15(13)10-26-19(20)8-17-16(21(26)27)11-30-22(28)23(17,29)4-2/h5-8,29H,3-4,10-11H2,1-2H3/t23-/m0/s1. The third-order valence-electron chi connectivity index (χ3n) is 6.29. The lowest BCUT2D eigenvalue weighted by atomic mass is 9.86. The number of pyridine rings is 2. The number of cyclic esters (lactones) is 1. The number of carbonyl (C=O) groups excluding carboxylic acids is 1. The fourth-order valence-electron chi connectivity index (χ4n) is 4.64. The Morgan fingerprint density at radius 2 is 2.07 bits per heavy atom. The number of hydrogen-bond acceptors (Lipinski definition) is 6. The first-order valence-corrected chi connectivity index (χ1v) is 9.95. The Labute approximate surface area is 172 Å². The number of esters is 1. The quantitative estimate of drug-likeness (QED) is 0.518. The molecule has 3 aromatic rings. The summed E-state index contributed by atoms with van der Waals surface area (Å²) >= 11 is 0. The SMILES string of the molecule is CCc1c2c(nc3cc(C#N)ccc13)-c1cc3c(c(=O)n1C2)COC(=O)[C@]3(O)CC. The van der Waals surface area contributed by atoms with Gasteiger partial charge in [-0.05, 0) is 36.6 Å². The van der Waals surface area contributed by atoms with Crippen molar-refractivity contribution in [1.29, 1.82) is 5.26 Å². The monoisotopic (exact) mass is 401 g/mol. The van der Waals surface area contributed by atoms with Crippen molar-refractivity contribution < 1.29 is 14.6 Å². The zero-order chi connectivity index (χ0) is 21.2. The molecule has 4 heterocycles. The number of carbonyl (C=O) groups is 1. The van der Waals surface area contributed by atoms with Crippen LogP contribution in [0.4, 0.5) is 0 Å². The molecule has 0 radical (unpaired) electrons. The minimum Gasteiger partial charge on any atom is -0.458 e. The van der Waals surface area contributed by atoms with Gasteiger partial charge in [0, 0.05) is 16.5 Å². The van der Waals surface area contributed by atoms with Gasteiger partial charge >= 0.3 is 5.97 Å². The van der Waals surface area contributed by atoms with Crippen molar-refractivity contribution in [2.24, 2.45) is 0 Å². The second kappa shape index (κ2) is 6.25. The van der Waals surface area contributed by atoms with Gasteiger partial charge in [0.25, 0.3) is 5.56 Å². The van der Waals surface area contributed by atoms with E-state index in [0.717, 1.165) is 22.9 Å². The van der Waals surface area contributed by atoms with E-state index in [0.29, 0.717) is 40.1 Å². The first-order chi connectivity index (χ1) is 14.4. The number of nitriles is 1. The zero-order valence-corrected chi connectivity index (χ0v) is 16.7. The fraction of sp³-hybridized carbons (Fsp3) is 0.304. The van der Waals surface area contributed by atoms with E-state index in [9.17, 15) is 20.0 Å². The molecule has 0 aliphatic carbocycles. The van der Waals surface area contributed by atoms with Crippen molar-refractivity contribution in [3.05, 3.63) is 62.4 Å². The number of aryl methyl sites for hydroxylation is 1. The molecule has 0 amide bonds. The molecule has 0 spiro atoms. The normalized spacial score (nSPS) is 19.1. The van der Waals surface area contributed by atoms with Gasteiger partial charge < -0.3 is 14.4 Å². The number of nitrogens with zero attached hydrogens (tertiary/aromatic N) is 3. The maximum atomic E-state index is 13.3. The highest BCUT2D eigenvalue weighted by Crippen LogP contribution is 2.40. The molecule has 0 saturated heterocycles. The summed E-state index contributed by atoms with van der Waals surface area (Å²) in [4.78, 5) is 30.3. The van der Waals surface area contributed by atoms with Crippen LogP contribution < -0.4 is 5.56 Å². The number of ether oxygens (including phenoxy) is 1. The molecule has 1 N–H and O–H groups in total. The summed E-state index contributed by atoms with van der Waals surface area (Å²) in [6, 6.07) is 9.26. The summed E-state index contributed by atoms with van der Waals surface area (Å²) in [6.45, 7) is 3.96. The van der Waals surface area contributed by atoms with E-state index >= 15 is 0 Å². The summed E-state index contributed by atoms with van der Waals surface area (Å²) in [6.07, 6.45) is 0.849. The largest absolute Gasteiger partial charge is 0.458 e. The molecule has 0 unspecified atom stereocenters. The summed E-state index contributed by atoms with van der Waals surface area (Å²) < 4.78 is 6.75. The third-order valence-corrected chi connectivity index (χ3v) is 6.29. The molecule has 7 heteroatoms. The number of hydrogen-bond donors (Lipinski definition) is 1. The highest BCUT2D eigenvalue weighted by Gasteiger charge is 2.45. The van der Waals surface area contributed by atoms with Gasteiger partial charge in [0.1, 0.15) is 6.61 Å². The fourth-order valence-corrected chi connectivity index (χ4v) is 4.64. The summed E-state index contributed by atoms with van der Waals surface area (Å²) in [5.74, 6) is -0.737. The van der Waals surface area contributed by atoms with Crippen LogP contribution in [0.25, 0.3) is 22.3 Å². The van der Waals surface area contributed by atoms with Crippen molar-refractivity contribution in [2.75, 3.05) is 0 Å². The Kier molecular flexibility index (Phi) is 3.86.